The molecule has 1 aliphatic heterocycles. The molecule has 1 aliphatic rings. The van der Waals surface area contributed by atoms with Gasteiger partial charge in [-0.25, -0.2) is 0 Å². The molecule has 0 spiro atoms. The summed E-state index contributed by atoms with van der Waals surface area (Å²) in [6.45, 7) is 1.82. The molecule has 2 rings (SSSR count). The van der Waals surface area contributed by atoms with Gasteiger partial charge in [0.25, 0.3) is 11.8 Å². The third-order valence-electron chi connectivity index (χ3n) is 2.24. The van der Waals surface area contributed by atoms with Crippen LogP contribution in [0.4, 0.5) is 0 Å². The molecule has 0 saturated carbocycles. The van der Waals surface area contributed by atoms with Gasteiger partial charge >= 0.3 is 0 Å². The van der Waals surface area contributed by atoms with Crippen LogP contribution in [-0.4, -0.2) is 24.8 Å². The molecule has 0 radical (unpaired) electrons. The van der Waals surface area contributed by atoms with Gasteiger partial charge in [-0.3, -0.25) is 19.7 Å². The summed E-state index contributed by atoms with van der Waals surface area (Å²) < 4.78 is 0. The van der Waals surface area contributed by atoms with Gasteiger partial charge in [-0.15, -0.1) is 0 Å². The summed E-state index contributed by atoms with van der Waals surface area (Å²) >= 11 is 0. The first-order chi connectivity index (χ1) is 8.10. The van der Waals surface area contributed by atoms with Crippen LogP contribution >= 0.6 is 0 Å². The smallest absolute Gasteiger partial charge is 0.258 e. The van der Waals surface area contributed by atoms with Gasteiger partial charge in [-0.1, -0.05) is 19.1 Å². The predicted octanol–water partition coefficient (Wildman–Crippen LogP) is 0.713. The summed E-state index contributed by atoms with van der Waals surface area (Å²) in [5, 5.41) is 4.68. The van der Waals surface area contributed by atoms with Gasteiger partial charge in [0.2, 0.25) is 5.91 Å². The fraction of sp³-hybridized carbons (Fsp3) is 0.250. The maximum Gasteiger partial charge on any atom is 0.258 e. The summed E-state index contributed by atoms with van der Waals surface area (Å²) in [5.41, 5.74) is 0.940. The number of amides is 3. The Morgan fingerprint density at radius 1 is 1.18 bits per heavy atom. The van der Waals surface area contributed by atoms with E-state index in [9.17, 15) is 14.4 Å². The molecule has 0 aromatic heterocycles. The van der Waals surface area contributed by atoms with Crippen molar-refractivity contribution in [3.8, 4) is 0 Å². The van der Waals surface area contributed by atoms with Gasteiger partial charge < -0.3 is 5.32 Å². The Balaban J connectivity index is 0.000000209. The van der Waals surface area contributed by atoms with Gasteiger partial charge in [0, 0.05) is 13.5 Å². The van der Waals surface area contributed by atoms with Gasteiger partial charge in [0.15, 0.2) is 0 Å². The number of carbonyl (C=O) groups excluding carboxylic acids is 3. The van der Waals surface area contributed by atoms with Gasteiger partial charge in [-0.2, -0.15) is 0 Å². The van der Waals surface area contributed by atoms with E-state index >= 15 is 0 Å². The van der Waals surface area contributed by atoms with Crippen LogP contribution in [0.1, 0.15) is 34.1 Å². The molecular weight excluding hydrogens is 220 g/mol. The zero-order valence-electron chi connectivity index (χ0n) is 9.74. The Kier molecular flexibility index (Phi) is 4.39. The minimum Gasteiger partial charge on any atom is -0.359 e. The molecule has 90 valence electrons. The monoisotopic (exact) mass is 234 g/mol. The maximum atomic E-state index is 10.9. The van der Waals surface area contributed by atoms with Crippen LogP contribution in [0.3, 0.4) is 0 Å². The Bertz CT molecular complexity index is 416. The second kappa shape index (κ2) is 5.79. The standard InChI is InChI=1S/C8H5NO2.C4H9NO/c10-7-5-3-1-2-4-6(5)8(11)9-7;1-3-4(6)5-2/h1-4H,(H,9,10,11);3H2,1-2H3,(H,5,6). The lowest BCUT2D eigenvalue weighted by atomic mass is 10.1. The van der Waals surface area contributed by atoms with Crippen molar-refractivity contribution in [1.82, 2.24) is 10.6 Å². The number of nitrogens with one attached hydrogen (secondary N) is 2. The highest BCUT2D eigenvalue weighted by molar-refractivity contribution is 6.21. The lowest BCUT2D eigenvalue weighted by Crippen LogP contribution is -2.19. The molecule has 0 fully saturated rings. The quantitative estimate of drug-likeness (QED) is 0.703. The van der Waals surface area contributed by atoms with Crippen molar-refractivity contribution in [2.45, 2.75) is 13.3 Å². The van der Waals surface area contributed by atoms with Crippen LogP contribution in [0.15, 0.2) is 24.3 Å². The molecule has 5 nitrogen and oxygen atoms in total. The van der Waals surface area contributed by atoms with Crippen molar-refractivity contribution in [2.75, 3.05) is 7.05 Å². The summed E-state index contributed by atoms with van der Waals surface area (Å²) in [6.07, 6.45) is 0.580. The zero-order chi connectivity index (χ0) is 12.8. The maximum absolute atomic E-state index is 10.9. The number of hydrogen-bond donors (Lipinski definition) is 2. The first kappa shape index (κ1) is 12.9. The molecule has 1 aromatic carbocycles. The SMILES string of the molecule is CCC(=O)NC.O=C1NC(=O)c2ccccc21. The van der Waals surface area contributed by atoms with E-state index in [2.05, 4.69) is 10.6 Å². The van der Waals surface area contributed by atoms with Crippen LogP contribution in [0.5, 0.6) is 0 Å². The Morgan fingerprint density at radius 2 is 1.65 bits per heavy atom. The van der Waals surface area contributed by atoms with E-state index in [1.165, 1.54) is 0 Å². The zero-order valence-corrected chi connectivity index (χ0v) is 9.74. The molecule has 17 heavy (non-hydrogen) atoms. The largest absolute Gasteiger partial charge is 0.359 e. The van der Waals surface area contributed by atoms with Crippen molar-refractivity contribution >= 4 is 17.7 Å². The number of carbonyl (C=O) groups is 3. The molecular formula is C12H14N2O3. The number of hydrogen-bond acceptors (Lipinski definition) is 3. The first-order valence-corrected chi connectivity index (χ1v) is 5.25. The summed E-state index contributed by atoms with van der Waals surface area (Å²) in [5.74, 6) is -0.508. The topological polar surface area (TPSA) is 75.3 Å². The van der Waals surface area contributed by atoms with Gasteiger partial charge in [0.1, 0.15) is 0 Å². The van der Waals surface area contributed by atoms with Gasteiger partial charge in [-0.05, 0) is 12.1 Å². The van der Waals surface area contributed by atoms with Crippen molar-refractivity contribution in [3.63, 3.8) is 0 Å². The van der Waals surface area contributed by atoms with Crippen LogP contribution < -0.4 is 10.6 Å². The van der Waals surface area contributed by atoms with E-state index in [4.69, 9.17) is 0 Å². The number of rotatable bonds is 1. The molecule has 0 bridgehead atoms. The van der Waals surface area contributed by atoms with Crippen LogP contribution in [0, 0.1) is 0 Å². The summed E-state index contributed by atoms with van der Waals surface area (Å²) in [6, 6.07) is 6.74. The highest BCUT2D eigenvalue weighted by atomic mass is 16.2. The second-order valence-corrected chi connectivity index (χ2v) is 3.36. The lowest BCUT2D eigenvalue weighted by molar-refractivity contribution is -0.120. The molecule has 0 saturated heterocycles. The van der Waals surface area contributed by atoms with Crippen molar-refractivity contribution in [1.29, 1.82) is 0 Å². The summed E-state index contributed by atoms with van der Waals surface area (Å²) in [4.78, 5) is 32.0. The van der Waals surface area contributed by atoms with Crippen molar-refractivity contribution in [3.05, 3.63) is 35.4 Å². The lowest BCUT2D eigenvalue weighted by Gasteiger charge is -1.88. The third-order valence-corrected chi connectivity index (χ3v) is 2.24. The highest BCUT2D eigenvalue weighted by Crippen LogP contribution is 2.13. The average Bonchev–Trinajstić information content (AvgIpc) is 2.66. The fourth-order valence-corrected chi connectivity index (χ4v) is 1.29. The van der Waals surface area contributed by atoms with Crippen molar-refractivity contribution < 1.29 is 14.4 Å². The highest BCUT2D eigenvalue weighted by Gasteiger charge is 2.25. The molecule has 2 N–H and O–H groups in total. The van der Waals surface area contributed by atoms with E-state index < -0.39 is 0 Å². The molecule has 0 atom stereocenters. The molecule has 1 heterocycles. The number of imide groups is 1. The first-order valence-electron chi connectivity index (χ1n) is 5.25. The Hall–Kier alpha value is -2.17. The van der Waals surface area contributed by atoms with E-state index in [0.29, 0.717) is 17.5 Å². The summed E-state index contributed by atoms with van der Waals surface area (Å²) in [7, 11) is 1.63. The van der Waals surface area contributed by atoms with Crippen LogP contribution in [-0.2, 0) is 4.79 Å². The minimum atomic E-state index is -0.300. The molecule has 5 heteroatoms. The Labute approximate surface area is 99.2 Å². The molecule has 1 aromatic rings. The second-order valence-electron chi connectivity index (χ2n) is 3.36. The molecule has 0 unspecified atom stereocenters. The fourth-order valence-electron chi connectivity index (χ4n) is 1.29. The average molecular weight is 234 g/mol. The van der Waals surface area contributed by atoms with Crippen molar-refractivity contribution in [2.24, 2.45) is 0 Å². The Morgan fingerprint density at radius 3 is 1.94 bits per heavy atom. The number of fused-ring (bicyclic) bond motifs is 1. The molecule has 3 amide bonds. The van der Waals surface area contributed by atoms with E-state index in [-0.39, 0.29) is 17.7 Å². The normalized spacial score (nSPS) is 12.1. The predicted molar refractivity (Wildman–Crippen MR) is 62.6 cm³/mol. The van der Waals surface area contributed by atoms with Crippen LogP contribution in [0.2, 0.25) is 0 Å². The van der Waals surface area contributed by atoms with Gasteiger partial charge in [0.05, 0.1) is 11.1 Å². The molecule has 0 aliphatic carbocycles. The number of benzene rings is 1. The minimum absolute atomic E-state index is 0.0926. The van der Waals surface area contributed by atoms with E-state index in [1.54, 1.807) is 31.3 Å². The van der Waals surface area contributed by atoms with Crippen LogP contribution in [0.25, 0.3) is 0 Å². The van der Waals surface area contributed by atoms with E-state index in [1.807, 2.05) is 6.92 Å². The third kappa shape index (κ3) is 3.14. The van der Waals surface area contributed by atoms with E-state index in [0.717, 1.165) is 0 Å².